The normalized spacial score (nSPS) is 27.8. The Morgan fingerprint density at radius 2 is 2.00 bits per heavy atom. The van der Waals surface area contributed by atoms with Gasteiger partial charge in [0.1, 0.15) is 5.69 Å². The first-order valence-corrected chi connectivity index (χ1v) is 7.27. The van der Waals surface area contributed by atoms with Gasteiger partial charge in [0.2, 0.25) is 0 Å². The van der Waals surface area contributed by atoms with Gasteiger partial charge in [-0.05, 0) is 59.2 Å². The van der Waals surface area contributed by atoms with Crippen molar-refractivity contribution in [1.82, 2.24) is 10.3 Å². The number of hydrogen-bond acceptors (Lipinski definition) is 2. The second-order valence-electron chi connectivity index (χ2n) is 5.42. The molecule has 4 heteroatoms. The molecule has 1 fully saturated rings. The second-order valence-corrected chi connectivity index (χ2v) is 6.28. The van der Waals surface area contributed by atoms with Gasteiger partial charge in [0.25, 0.3) is 5.91 Å². The molecular formula is C14H19BrN2O. The Morgan fingerprint density at radius 1 is 1.33 bits per heavy atom. The number of halogens is 1. The highest BCUT2D eigenvalue weighted by molar-refractivity contribution is 9.10. The minimum atomic E-state index is -0.0752. The zero-order valence-corrected chi connectivity index (χ0v) is 12.4. The maximum absolute atomic E-state index is 12.1. The summed E-state index contributed by atoms with van der Waals surface area (Å²) >= 11 is 3.36. The lowest BCUT2D eigenvalue weighted by atomic mass is 9.80. The molecule has 0 radical (unpaired) electrons. The molecule has 1 N–H and O–H groups in total. The van der Waals surface area contributed by atoms with E-state index in [-0.39, 0.29) is 11.9 Å². The van der Waals surface area contributed by atoms with Crippen molar-refractivity contribution < 1.29 is 4.79 Å². The molecule has 0 aliphatic heterocycles. The molecule has 0 aromatic carbocycles. The van der Waals surface area contributed by atoms with E-state index in [4.69, 9.17) is 0 Å². The third kappa shape index (κ3) is 3.31. The Labute approximate surface area is 117 Å². The number of aromatic nitrogens is 1. The minimum absolute atomic E-state index is 0.0752. The summed E-state index contributed by atoms with van der Waals surface area (Å²) in [4.78, 5) is 16.3. The molecule has 98 valence electrons. The van der Waals surface area contributed by atoms with Gasteiger partial charge in [-0.15, -0.1) is 0 Å². The predicted octanol–water partition coefficient (Wildman–Crippen LogP) is 3.40. The van der Waals surface area contributed by atoms with Crippen LogP contribution >= 0.6 is 15.9 Å². The van der Waals surface area contributed by atoms with Gasteiger partial charge in [-0.25, -0.2) is 4.98 Å². The van der Waals surface area contributed by atoms with E-state index in [0.29, 0.717) is 17.5 Å². The van der Waals surface area contributed by atoms with E-state index in [0.717, 1.165) is 17.3 Å². The molecule has 1 aliphatic carbocycles. The van der Waals surface area contributed by atoms with Gasteiger partial charge in [0, 0.05) is 16.7 Å². The standard InChI is InChI=1S/C14H19BrN2O/c1-9-6-10(2)8-11(7-9)17-14(18)13-12(15)4-3-5-16-13/h3-5,9-11H,6-8H2,1-2H3,(H,17,18). The molecule has 2 atom stereocenters. The molecule has 3 nitrogen and oxygen atoms in total. The lowest BCUT2D eigenvalue weighted by Crippen LogP contribution is -2.40. The Balaban J connectivity index is 2.01. The fourth-order valence-corrected chi connectivity index (χ4v) is 3.31. The summed E-state index contributed by atoms with van der Waals surface area (Å²) in [7, 11) is 0. The van der Waals surface area contributed by atoms with Crippen molar-refractivity contribution in [3.8, 4) is 0 Å². The topological polar surface area (TPSA) is 42.0 Å². The van der Waals surface area contributed by atoms with Crippen LogP contribution in [-0.4, -0.2) is 16.9 Å². The molecule has 1 saturated carbocycles. The summed E-state index contributed by atoms with van der Waals surface area (Å²) in [6.45, 7) is 4.51. The van der Waals surface area contributed by atoms with Crippen LogP contribution in [0.4, 0.5) is 0 Å². The third-order valence-electron chi connectivity index (χ3n) is 3.49. The average Bonchev–Trinajstić information content (AvgIpc) is 2.27. The van der Waals surface area contributed by atoms with Crippen LogP contribution in [0.15, 0.2) is 22.8 Å². The number of carbonyl (C=O) groups is 1. The maximum atomic E-state index is 12.1. The fourth-order valence-electron chi connectivity index (χ4n) is 2.87. The number of nitrogens with zero attached hydrogens (tertiary/aromatic N) is 1. The number of rotatable bonds is 2. The zero-order chi connectivity index (χ0) is 13.1. The van der Waals surface area contributed by atoms with Crippen LogP contribution in [0.5, 0.6) is 0 Å². The number of pyridine rings is 1. The lowest BCUT2D eigenvalue weighted by molar-refractivity contribution is 0.0905. The number of amides is 1. The van der Waals surface area contributed by atoms with E-state index in [2.05, 4.69) is 40.1 Å². The van der Waals surface area contributed by atoms with E-state index >= 15 is 0 Å². The average molecular weight is 311 g/mol. The summed E-state index contributed by atoms with van der Waals surface area (Å²) < 4.78 is 0.749. The van der Waals surface area contributed by atoms with Gasteiger partial charge < -0.3 is 5.32 Å². The molecule has 2 rings (SSSR count). The predicted molar refractivity (Wildman–Crippen MR) is 75.4 cm³/mol. The quantitative estimate of drug-likeness (QED) is 0.909. The Kier molecular flexibility index (Phi) is 4.38. The van der Waals surface area contributed by atoms with Crippen LogP contribution in [0.2, 0.25) is 0 Å². The number of carbonyl (C=O) groups excluding carboxylic acids is 1. The highest BCUT2D eigenvalue weighted by atomic mass is 79.9. The van der Waals surface area contributed by atoms with Gasteiger partial charge in [-0.1, -0.05) is 13.8 Å². The zero-order valence-electron chi connectivity index (χ0n) is 10.8. The van der Waals surface area contributed by atoms with E-state index in [1.807, 2.05) is 12.1 Å². The van der Waals surface area contributed by atoms with Gasteiger partial charge in [0.05, 0.1) is 0 Å². The van der Waals surface area contributed by atoms with Crippen molar-refractivity contribution in [2.45, 2.75) is 39.2 Å². The van der Waals surface area contributed by atoms with Gasteiger partial charge in [-0.2, -0.15) is 0 Å². The van der Waals surface area contributed by atoms with Crippen LogP contribution in [0.3, 0.4) is 0 Å². The smallest absolute Gasteiger partial charge is 0.271 e. The van der Waals surface area contributed by atoms with Crippen LogP contribution in [0.25, 0.3) is 0 Å². The molecule has 1 aromatic heterocycles. The summed E-state index contributed by atoms with van der Waals surface area (Å²) in [5.74, 6) is 1.30. The highest BCUT2D eigenvalue weighted by Gasteiger charge is 2.26. The summed E-state index contributed by atoms with van der Waals surface area (Å²) in [6.07, 6.45) is 5.05. The highest BCUT2D eigenvalue weighted by Crippen LogP contribution is 2.28. The largest absolute Gasteiger partial charge is 0.348 e. The maximum Gasteiger partial charge on any atom is 0.271 e. The van der Waals surface area contributed by atoms with Crippen molar-refractivity contribution in [2.75, 3.05) is 0 Å². The molecule has 18 heavy (non-hydrogen) atoms. The minimum Gasteiger partial charge on any atom is -0.348 e. The molecule has 0 saturated heterocycles. The van der Waals surface area contributed by atoms with Crippen molar-refractivity contribution >= 4 is 21.8 Å². The molecule has 1 amide bonds. The fraction of sp³-hybridized carbons (Fsp3) is 0.571. The van der Waals surface area contributed by atoms with Gasteiger partial charge in [-0.3, -0.25) is 4.79 Å². The van der Waals surface area contributed by atoms with Crippen LogP contribution < -0.4 is 5.32 Å². The van der Waals surface area contributed by atoms with E-state index in [9.17, 15) is 4.79 Å². The Morgan fingerprint density at radius 3 is 2.61 bits per heavy atom. The summed E-state index contributed by atoms with van der Waals surface area (Å²) in [5, 5.41) is 3.11. The first-order valence-electron chi connectivity index (χ1n) is 6.47. The van der Waals surface area contributed by atoms with Crippen molar-refractivity contribution in [2.24, 2.45) is 11.8 Å². The summed E-state index contributed by atoms with van der Waals surface area (Å²) in [5.41, 5.74) is 0.475. The molecule has 1 heterocycles. The monoisotopic (exact) mass is 310 g/mol. The summed E-state index contributed by atoms with van der Waals surface area (Å²) in [6, 6.07) is 3.93. The van der Waals surface area contributed by atoms with Crippen LogP contribution in [0.1, 0.15) is 43.6 Å². The SMILES string of the molecule is CC1CC(C)CC(NC(=O)c2ncccc2Br)C1. The second kappa shape index (κ2) is 5.83. The van der Waals surface area contributed by atoms with Crippen molar-refractivity contribution in [1.29, 1.82) is 0 Å². The van der Waals surface area contributed by atoms with Crippen molar-refractivity contribution in [3.63, 3.8) is 0 Å². The molecular weight excluding hydrogens is 292 g/mol. The first kappa shape index (κ1) is 13.5. The third-order valence-corrected chi connectivity index (χ3v) is 4.13. The van der Waals surface area contributed by atoms with Gasteiger partial charge in [0.15, 0.2) is 0 Å². The molecule has 0 bridgehead atoms. The number of hydrogen-bond donors (Lipinski definition) is 1. The molecule has 1 aliphatic rings. The van der Waals surface area contributed by atoms with Crippen molar-refractivity contribution in [3.05, 3.63) is 28.5 Å². The Bertz CT molecular complexity index is 426. The van der Waals surface area contributed by atoms with E-state index in [1.54, 1.807) is 6.20 Å². The van der Waals surface area contributed by atoms with Crippen LogP contribution in [-0.2, 0) is 0 Å². The van der Waals surface area contributed by atoms with Crippen LogP contribution in [0, 0.1) is 11.8 Å². The Hall–Kier alpha value is -0.900. The molecule has 1 aromatic rings. The first-order chi connectivity index (χ1) is 8.56. The molecule has 2 unspecified atom stereocenters. The van der Waals surface area contributed by atoms with Gasteiger partial charge >= 0.3 is 0 Å². The lowest BCUT2D eigenvalue weighted by Gasteiger charge is -2.31. The molecule has 0 spiro atoms. The van der Waals surface area contributed by atoms with E-state index in [1.165, 1.54) is 6.42 Å². The van der Waals surface area contributed by atoms with E-state index < -0.39 is 0 Å². The number of nitrogens with one attached hydrogen (secondary N) is 1.